The zero-order valence-electron chi connectivity index (χ0n) is 10.4. The van der Waals surface area contributed by atoms with Crippen molar-refractivity contribution in [3.63, 3.8) is 0 Å². The van der Waals surface area contributed by atoms with Crippen LogP contribution in [0.5, 0.6) is 5.75 Å². The lowest BCUT2D eigenvalue weighted by molar-refractivity contribution is -0.274. The van der Waals surface area contributed by atoms with E-state index in [-0.39, 0.29) is 18.3 Å². The molecule has 1 unspecified atom stereocenters. The van der Waals surface area contributed by atoms with Crippen molar-refractivity contribution < 1.29 is 17.9 Å². The van der Waals surface area contributed by atoms with Crippen molar-refractivity contribution in [3.05, 3.63) is 42.5 Å². The van der Waals surface area contributed by atoms with Gasteiger partial charge in [-0.1, -0.05) is 18.2 Å². The number of rotatable bonds is 7. The summed E-state index contributed by atoms with van der Waals surface area (Å²) in [5, 5.41) is 3.14. The Bertz CT molecular complexity index is 407. The van der Waals surface area contributed by atoms with Crippen molar-refractivity contribution in [2.45, 2.75) is 18.8 Å². The highest BCUT2D eigenvalue weighted by atomic mass is 19.4. The maximum absolute atomic E-state index is 12.1. The Balaban J connectivity index is 2.75. The summed E-state index contributed by atoms with van der Waals surface area (Å²) >= 11 is 0. The van der Waals surface area contributed by atoms with Crippen LogP contribution in [0, 0.1) is 0 Å². The van der Waals surface area contributed by atoms with E-state index in [1.165, 1.54) is 18.2 Å². The number of nitrogens with one attached hydrogen (secondary N) is 1. The van der Waals surface area contributed by atoms with Crippen molar-refractivity contribution in [1.82, 2.24) is 5.32 Å². The topological polar surface area (TPSA) is 47.3 Å². The molecule has 1 aromatic rings. The van der Waals surface area contributed by atoms with Crippen molar-refractivity contribution in [2.24, 2.45) is 5.73 Å². The molecular weight excluding hydrogens is 257 g/mol. The molecule has 6 heteroatoms. The van der Waals surface area contributed by atoms with Crippen molar-refractivity contribution in [2.75, 3.05) is 13.1 Å². The third-order valence-electron chi connectivity index (χ3n) is 2.47. The van der Waals surface area contributed by atoms with Crippen LogP contribution >= 0.6 is 0 Å². The highest BCUT2D eigenvalue weighted by Gasteiger charge is 2.31. The maximum atomic E-state index is 12.1. The lowest BCUT2D eigenvalue weighted by atomic mass is 10.1. The van der Waals surface area contributed by atoms with Gasteiger partial charge in [-0.3, -0.25) is 0 Å². The Labute approximate surface area is 110 Å². The van der Waals surface area contributed by atoms with E-state index in [1.807, 2.05) is 0 Å². The molecule has 0 heterocycles. The first kappa shape index (κ1) is 15.5. The van der Waals surface area contributed by atoms with Gasteiger partial charge in [0.2, 0.25) is 0 Å². The molecule has 0 aliphatic heterocycles. The van der Waals surface area contributed by atoms with Gasteiger partial charge in [0.15, 0.2) is 0 Å². The van der Waals surface area contributed by atoms with Gasteiger partial charge in [0.25, 0.3) is 0 Å². The van der Waals surface area contributed by atoms with Crippen LogP contribution in [0.1, 0.15) is 18.0 Å². The number of nitrogens with two attached hydrogens (primary N) is 1. The molecular formula is C13H17F3N2O. The SMILES string of the molecule is C=CCCNC(CN)c1cccc(OC(F)(F)F)c1. The van der Waals surface area contributed by atoms with Gasteiger partial charge in [0, 0.05) is 12.6 Å². The molecule has 0 fully saturated rings. The molecule has 0 aliphatic rings. The number of hydrogen-bond acceptors (Lipinski definition) is 3. The smallest absolute Gasteiger partial charge is 0.406 e. The normalized spacial score (nSPS) is 13.1. The van der Waals surface area contributed by atoms with E-state index in [0.29, 0.717) is 12.1 Å². The second-order valence-corrected chi connectivity index (χ2v) is 3.94. The van der Waals surface area contributed by atoms with Crippen molar-refractivity contribution >= 4 is 0 Å². The zero-order chi connectivity index (χ0) is 14.3. The second-order valence-electron chi connectivity index (χ2n) is 3.94. The van der Waals surface area contributed by atoms with E-state index in [9.17, 15) is 13.2 Å². The highest BCUT2D eigenvalue weighted by molar-refractivity contribution is 5.31. The molecule has 0 amide bonds. The van der Waals surface area contributed by atoms with Gasteiger partial charge in [-0.25, -0.2) is 0 Å². The summed E-state index contributed by atoms with van der Waals surface area (Å²) in [6, 6.07) is 5.60. The van der Waals surface area contributed by atoms with Gasteiger partial charge in [-0.15, -0.1) is 19.8 Å². The molecule has 0 saturated carbocycles. The molecule has 3 nitrogen and oxygen atoms in total. The van der Waals surface area contributed by atoms with Crippen LogP contribution < -0.4 is 15.8 Å². The lowest BCUT2D eigenvalue weighted by Crippen LogP contribution is -2.29. The van der Waals surface area contributed by atoms with Gasteiger partial charge < -0.3 is 15.8 Å². The minimum absolute atomic E-state index is 0.211. The van der Waals surface area contributed by atoms with Crippen molar-refractivity contribution in [1.29, 1.82) is 0 Å². The predicted octanol–water partition coefficient (Wildman–Crippen LogP) is 2.75. The number of ether oxygens (including phenoxy) is 1. The average molecular weight is 274 g/mol. The minimum Gasteiger partial charge on any atom is -0.406 e. The van der Waals surface area contributed by atoms with Gasteiger partial charge >= 0.3 is 6.36 Å². The Morgan fingerprint density at radius 2 is 2.16 bits per heavy atom. The number of benzene rings is 1. The standard InChI is InChI=1S/C13H17F3N2O/c1-2-3-7-18-12(9-17)10-5-4-6-11(8-10)19-13(14,15)16/h2,4-6,8,12,18H,1,3,7,9,17H2. The molecule has 0 aromatic heterocycles. The van der Waals surface area contributed by atoms with E-state index in [1.54, 1.807) is 12.1 Å². The fraction of sp³-hybridized carbons (Fsp3) is 0.385. The Morgan fingerprint density at radius 1 is 1.42 bits per heavy atom. The molecule has 0 saturated heterocycles. The number of hydrogen-bond donors (Lipinski definition) is 2. The second kappa shape index (κ2) is 7.16. The van der Waals surface area contributed by atoms with Crippen LogP contribution in [0.25, 0.3) is 0 Å². The fourth-order valence-corrected chi connectivity index (χ4v) is 1.63. The summed E-state index contributed by atoms with van der Waals surface area (Å²) in [5.41, 5.74) is 6.27. The largest absolute Gasteiger partial charge is 0.573 e. The summed E-state index contributed by atoms with van der Waals surface area (Å²) in [5.74, 6) is -0.242. The van der Waals surface area contributed by atoms with Crippen LogP contribution in [0.2, 0.25) is 0 Å². The molecule has 1 aromatic carbocycles. The maximum Gasteiger partial charge on any atom is 0.573 e. The van der Waals surface area contributed by atoms with Crippen molar-refractivity contribution in [3.8, 4) is 5.75 Å². The zero-order valence-corrected chi connectivity index (χ0v) is 10.4. The number of alkyl halides is 3. The molecule has 0 radical (unpaired) electrons. The molecule has 0 bridgehead atoms. The summed E-state index contributed by atoms with van der Waals surface area (Å²) in [6.07, 6.45) is -2.17. The summed E-state index contributed by atoms with van der Waals surface area (Å²) in [6.45, 7) is 4.54. The minimum atomic E-state index is -4.69. The summed E-state index contributed by atoms with van der Waals surface area (Å²) in [4.78, 5) is 0. The monoisotopic (exact) mass is 274 g/mol. The van der Waals surface area contributed by atoms with Crippen LogP contribution in [0.15, 0.2) is 36.9 Å². The van der Waals surface area contributed by atoms with Gasteiger partial charge in [-0.2, -0.15) is 0 Å². The first-order chi connectivity index (χ1) is 8.96. The van der Waals surface area contributed by atoms with E-state index in [2.05, 4.69) is 16.6 Å². The third kappa shape index (κ3) is 5.76. The Morgan fingerprint density at radius 3 is 2.74 bits per heavy atom. The van der Waals surface area contributed by atoms with Crippen LogP contribution in [-0.2, 0) is 0 Å². The molecule has 1 rings (SSSR count). The van der Waals surface area contributed by atoms with E-state index >= 15 is 0 Å². The van der Waals surface area contributed by atoms with E-state index in [0.717, 1.165) is 6.42 Å². The average Bonchev–Trinajstić information content (AvgIpc) is 2.33. The molecule has 19 heavy (non-hydrogen) atoms. The van der Waals surface area contributed by atoms with E-state index < -0.39 is 6.36 Å². The predicted molar refractivity (Wildman–Crippen MR) is 67.7 cm³/mol. The molecule has 0 spiro atoms. The lowest BCUT2D eigenvalue weighted by Gasteiger charge is -2.18. The van der Waals surface area contributed by atoms with Gasteiger partial charge in [0.1, 0.15) is 5.75 Å². The van der Waals surface area contributed by atoms with Crippen LogP contribution in [-0.4, -0.2) is 19.5 Å². The quantitative estimate of drug-likeness (QED) is 0.593. The van der Waals surface area contributed by atoms with Gasteiger partial charge in [-0.05, 0) is 30.7 Å². The highest BCUT2D eigenvalue weighted by Crippen LogP contribution is 2.25. The third-order valence-corrected chi connectivity index (χ3v) is 2.47. The number of halogens is 3. The van der Waals surface area contributed by atoms with E-state index in [4.69, 9.17) is 5.73 Å². The molecule has 0 aliphatic carbocycles. The Hall–Kier alpha value is -1.53. The van der Waals surface area contributed by atoms with Crippen LogP contribution in [0.4, 0.5) is 13.2 Å². The van der Waals surface area contributed by atoms with Gasteiger partial charge in [0.05, 0.1) is 0 Å². The fourth-order valence-electron chi connectivity index (χ4n) is 1.63. The van der Waals surface area contributed by atoms with Crippen LogP contribution in [0.3, 0.4) is 0 Å². The summed E-state index contributed by atoms with van der Waals surface area (Å²) in [7, 11) is 0. The summed E-state index contributed by atoms with van der Waals surface area (Å²) < 4.78 is 40.3. The first-order valence-corrected chi connectivity index (χ1v) is 5.86. The molecule has 106 valence electrons. The first-order valence-electron chi connectivity index (χ1n) is 5.86. The molecule has 1 atom stereocenters. The Kier molecular flexibility index (Phi) is 5.85. The molecule has 3 N–H and O–H groups in total.